The van der Waals surface area contributed by atoms with Gasteiger partial charge in [0.05, 0.1) is 0 Å². The normalized spacial score (nSPS) is 20.5. The molecule has 5 aromatic carbocycles. The lowest BCUT2D eigenvalue weighted by molar-refractivity contribution is 0.523. The number of para-hydroxylation sites is 1. The van der Waals surface area contributed by atoms with Gasteiger partial charge in [-0.1, -0.05) is 173 Å². The SMILES string of the molecule is C=C(C1=CC=CCC1)c1ccccc1C(=C)C1=c2/cccc/c2=C(\C2=C\c3c(ccc4c3oc3ccccc34)Cc3ccccc3C(C)(C)C2)/C=C/CC/C=C/1. The largest absolute Gasteiger partial charge is 0.455 e. The molecule has 0 aliphatic heterocycles. The van der Waals surface area contributed by atoms with Crippen LogP contribution in [0.3, 0.4) is 0 Å². The Hall–Kier alpha value is -6.18. The molecule has 1 aromatic heterocycles. The van der Waals surface area contributed by atoms with Crippen molar-refractivity contribution in [2.75, 3.05) is 0 Å². The molecule has 0 saturated carbocycles. The number of allylic oxidation sites excluding steroid dienone is 11. The zero-order chi connectivity index (χ0) is 38.2. The Morgan fingerprint density at radius 1 is 0.643 bits per heavy atom. The highest BCUT2D eigenvalue weighted by Gasteiger charge is 2.29. The van der Waals surface area contributed by atoms with Gasteiger partial charge in [0.25, 0.3) is 0 Å². The molecule has 3 aliphatic carbocycles. The van der Waals surface area contributed by atoms with Crippen molar-refractivity contribution in [3.05, 3.63) is 220 Å². The molecule has 0 atom stereocenters. The van der Waals surface area contributed by atoms with Crippen LogP contribution in [0.25, 0.3) is 50.3 Å². The van der Waals surface area contributed by atoms with Crippen molar-refractivity contribution in [1.29, 1.82) is 0 Å². The van der Waals surface area contributed by atoms with E-state index in [0.29, 0.717) is 0 Å². The molecule has 1 heteroatoms. The van der Waals surface area contributed by atoms with Crippen LogP contribution in [0.15, 0.2) is 180 Å². The standard InChI is InChI=1S/C55H48O/c1-37(39-20-8-7-9-21-39)43-24-13-14-25-44(43)38(2)45-23-10-5-6-11-26-46(48-28-16-15-27-47(45)48)42-35-51-40(34-41-22-12-18-30-52(41)55(3,4)36-42)32-33-50-49-29-17-19-31-53(49)56-54(50)51/h7-8,10-20,22-33,35H,1-2,5-6,9,21,34,36H2,3-4H3/b23-10+,26-11+,42-35+,47-45+,48-46+. The van der Waals surface area contributed by atoms with Crippen molar-refractivity contribution in [2.24, 2.45) is 0 Å². The molecule has 0 fully saturated rings. The summed E-state index contributed by atoms with van der Waals surface area (Å²) in [6.07, 6.45) is 24.1. The molecule has 274 valence electrons. The smallest absolute Gasteiger partial charge is 0.142 e. The lowest BCUT2D eigenvalue weighted by Gasteiger charge is -2.29. The summed E-state index contributed by atoms with van der Waals surface area (Å²) in [6, 6.07) is 39.7. The van der Waals surface area contributed by atoms with Crippen molar-refractivity contribution in [1.82, 2.24) is 0 Å². The van der Waals surface area contributed by atoms with E-state index in [2.05, 4.69) is 178 Å². The van der Waals surface area contributed by atoms with E-state index in [-0.39, 0.29) is 5.41 Å². The van der Waals surface area contributed by atoms with Gasteiger partial charge in [0, 0.05) is 16.3 Å². The highest BCUT2D eigenvalue weighted by molar-refractivity contribution is 6.08. The summed E-state index contributed by atoms with van der Waals surface area (Å²) < 4.78 is 6.77. The summed E-state index contributed by atoms with van der Waals surface area (Å²) in [4.78, 5) is 0. The molecule has 0 N–H and O–H groups in total. The highest BCUT2D eigenvalue weighted by Crippen LogP contribution is 2.42. The molecule has 56 heavy (non-hydrogen) atoms. The Labute approximate surface area is 331 Å². The van der Waals surface area contributed by atoms with Gasteiger partial charge in [0.15, 0.2) is 0 Å². The van der Waals surface area contributed by atoms with Crippen LogP contribution in [-0.2, 0) is 11.8 Å². The van der Waals surface area contributed by atoms with Crippen LogP contribution in [0.5, 0.6) is 0 Å². The van der Waals surface area contributed by atoms with Gasteiger partial charge < -0.3 is 4.42 Å². The molecule has 0 unspecified atom stereocenters. The number of furan rings is 1. The van der Waals surface area contributed by atoms with Gasteiger partial charge in [-0.3, -0.25) is 0 Å². The molecule has 1 heterocycles. The van der Waals surface area contributed by atoms with Gasteiger partial charge in [-0.2, -0.15) is 0 Å². The van der Waals surface area contributed by atoms with Crippen LogP contribution >= 0.6 is 0 Å². The van der Waals surface area contributed by atoms with Gasteiger partial charge in [0.2, 0.25) is 0 Å². The van der Waals surface area contributed by atoms with Crippen molar-refractivity contribution in [2.45, 2.75) is 57.8 Å². The van der Waals surface area contributed by atoms with Gasteiger partial charge in [-0.05, 0) is 128 Å². The molecule has 9 rings (SSSR count). The Kier molecular flexibility index (Phi) is 9.39. The molecule has 0 spiro atoms. The molecule has 3 aliphatic rings. The Morgan fingerprint density at radius 2 is 1.36 bits per heavy atom. The summed E-state index contributed by atoms with van der Waals surface area (Å²) in [5.74, 6) is 0. The molecule has 1 nitrogen and oxygen atoms in total. The second kappa shape index (κ2) is 14.8. The van der Waals surface area contributed by atoms with Gasteiger partial charge in [-0.15, -0.1) is 0 Å². The monoisotopic (exact) mass is 724 g/mol. The summed E-state index contributed by atoms with van der Waals surface area (Å²) in [7, 11) is 0. The minimum absolute atomic E-state index is 0.138. The van der Waals surface area contributed by atoms with Crippen LogP contribution in [0.2, 0.25) is 0 Å². The zero-order valence-electron chi connectivity index (χ0n) is 32.6. The summed E-state index contributed by atoms with van der Waals surface area (Å²) >= 11 is 0. The van der Waals surface area contributed by atoms with Crippen LogP contribution in [-0.4, -0.2) is 0 Å². The fraction of sp³-hybridized carbons (Fsp3) is 0.164. The number of hydrogen-bond acceptors (Lipinski definition) is 1. The van der Waals surface area contributed by atoms with Crippen LogP contribution in [0.4, 0.5) is 0 Å². The van der Waals surface area contributed by atoms with Crippen molar-refractivity contribution < 1.29 is 4.42 Å². The maximum Gasteiger partial charge on any atom is 0.142 e. The summed E-state index contributed by atoms with van der Waals surface area (Å²) in [6.45, 7) is 14.3. The Balaban J connectivity index is 1.33. The number of rotatable bonds is 5. The molecule has 0 amide bonds. The van der Waals surface area contributed by atoms with Gasteiger partial charge >= 0.3 is 0 Å². The third kappa shape index (κ3) is 6.52. The maximum absolute atomic E-state index is 6.77. The first-order valence-corrected chi connectivity index (χ1v) is 20.1. The van der Waals surface area contributed by atoms with E-state index in [1.54, 1.807) is 0 Å². The third-order valence-electron chi connectivity index (χ3n) is 12.0. The first kappa shape index (κ1) is 35.5. The first-order valence-electron chi connectivity index (χ1n) is 20.1. The lowest BCUT2D eigenvalue weighted by Crippen LogP contribution is -2.30. The molecular weight excluding hydrogens is 677 g/mol. The predicted octanol–water partition coefficient (Wildman–Crippen LogP) is 13.2. The van der Waals surface area contributed by atoms with E-state index in [9.17, 15) is 0 Å². The zero-order valence-corrected chi connectivity index (χ0v) is 32.6. The fourth-order valence-corrected chi connectivity index (χ4v) is 9.12. The minimum Gasteiger partial charge on any atom is -0.455 e. The average molecular weight is 725 g/mol. The van der Waals surface area contributed by atoms with Gasteiger partial charge in [-0.25, -0.2) is 0 Å². The lowest BCUT2D eigenvalue weighted by atomic mass is 9.75. The number of benzene rings is 5. The van der Waals surface area contributed by atoms with Crippen LogP contribution < -0.4 is 10.4 Å². The first-order chi connectivity index (χ1) is 27.4. The van der Waals surface area contributed by atoms with Crippen molar-refractivity contribution in [3.63, 3.8) is 0 Å². The molecular formula is C55H48O. The van der Waals surface area contributed by atoms with E-state index >= 15 is 0 Å². The van der Waals surface area contributed by atoms with E-state index in [0.717, 1.165) is 88.3 Å². The fourth-order valence-electron chi connectivity index (χ4n) is 9.12. The topological polar surface area (TPSA) is 13.1 Å². The summed E-state index contributed by atoms with van der Waals surface area (Å²) in [5, 5.41) is 4.69. The molecule has 0 radical (unpaired) electrons. The highest BCUT2D eigenvalue weighted by atomic mass is 16.3. The predicted molar refractivity (Wildman–Crippen MR) is 240 cm³/mol. The van der Waals surface area contributed by atoms with E-state index in [4.69, 9.17) is 11.0 Å². The van der Waals surface area contributed by atoms with E-state index in [1.807, 2.05) is 0 Å². The van der Waals surface area contributed by atoms with E-state index < -0.39 is 0 Å². The molecule has 6 aromatic rings. The Morgan fingerprint density at radius 3 is 2.18 bits per heavy atom. The second-order valence-corrected chi connectivity index (χ2v) is 16.1. The average Bonchev–Trinajstić information content (AvgIpc) is 3.63. The second-order valence-electron chi connectivity index (χ2n) is 16.1. The summed E-state index contributed by atoms with van der Waals surface area (Å²) in [5.41, 5.74) is 16.3. The van der Waals surface area contributed by atoms with Gasteiger partial charge in [0.1, 0.15) is 11.2 Å². The maximum atomic E-state index is 6.77. The molecule has 0 bridgehead atoms. The van der Waals surface area contributed by atoms with Crippen LogP contribution in [0.1, 0.15) is 79.3 Å². The van der Waals surface area contributed by atoms with Crippen LogP contribution in [0, 0.1) is 0 Å². The van der Waals surface area contributed by atoms with Crippen molar-refractivity contribution in [3.8, 4) is 0 Å². The minimum atomic E-state index is -0.138. The quantitative estimate of drug-likeness (QED) is 0.173. The van der Waals surface area contributed by atoms with Crippen molar-refractivity contribution >= 4 is 50.3 Å². The molecule has 0 saturated heterocycles. The number of fused-ring (bicyclic) bond motifs is 7. The third-order valence-corrected chi connectivity index (χ3v) is 12.0. The van der Waals surface area contributed by atoms with E-state index in [1.165, 1.54) is 49.4 Å². The Bertz CT molecular complexity index is 2850. The number of hydrogen-bond donors (Lipinski definition) is 0.